The van der Waals surface area contributed by atoms with Gasteiger partial charge in [-0.1, -0.05) is 34.6 Å². The number of rotatable bonds is 4. The number of benzene rings is 1. The van der Waals surface area contributed by atoms with E-state index in [0.29, 0.717) is 24.2 Å². The minimum absolute atomic E-state index is 0.000795. The molecule has 3 fully saturated rings. The normalized spacial score (nSPS) is 44.5. The van der Waals surface area contributed by atoms with Crippen LogP contribution in [0.2, 0.25) is 0 Å². The van der Waals surface area contributed by atoms with Crippen LogP contribution in [-0.4, -0.2) is 27.9 Å². The predicted molar refractivity (Wildman–Crippen MR) is 122 cm³/mol. The van der Waals surface area contributed by atoms with Crippen LogP contribution in [0.15, 0.2) is 18.2 Å². The van der Waals surface area contributed by atoms with Gasteiger partial charge in [-0.25, -0.2) is 4.79 Å². The first-order chi connectivity index (χ1) is 14.4. The number of aromatic carboxylic acids is 1. The predicted octanol–water partition coefficient (Wildman–Crippen LogP) is 5.90. The second-order valence-electron chi connectivity index (χ2n) is 12.1. The number of hydrogen-bond donors (Lipinski definition) is 3. The number of aliphatic hydroxyl groups is 1. The van der Waals surface area contributed by atoms with Crippen molar-refractivity contribution in [3.8, 4) is 5.75 Å². The Balaban J connectivity index is 1.72. The van der Waals surface area contributed by atoms with Crippen LogP contribution < -0.4 is 0 Å². The number of fused-ring (bicyclic) bond motifs is 3. The maximum absolute atomic E-state index is 11.5. The molecule has 0 saturated heterocycles. The molecule has 4 nitrogen and oxygen atoms in total. The van der Waals surface area contributed by atoms with Crippen LogP contribution in [0.5, 0.6) is 5.75 Å². The maximum atomic E-state index is 11.5. The molecule has 0 heterocycles. The zero-order valence-electron chi connectivity index (χ0n) is 19.9. The van der Waals surface area contributed by atoms with Crippen molar-refractivity contribution in [2.45, 2.75) is 79.6 Å². The van der Waals surface area contributed by atoms with E-state index >= 15 is 0 Å². The fraction of sp³-hybridized carbons (Fsp3) is 0.741. The molecule has 3 aliphatic rings. The molecule has 3 saturated carbocycles. The summed E-state index contributed by atoms with van der Waals surface area (Å²) in [6, 6.07) is 4.70. The lowest BCUT2D eigenvalue weighted by molar-refractivity contribution is -0.166. The molecule has 172 valence electrons. The Morgan fingerprint density at radius 2 is 1.71 bits per heavy atom. The minimum Gasteiger partial charge on any atom is -0.508 e. The van der Waals surface area contributed by atoms with E-state index in [1.165, 1.54) is 25.0 Å². The van der Waals surface area contributed by atoms with Gasteiger partial charge in [-0.2, -0.15) is 0 Å². The molecular formula is C27H40O4. The summed E-state index contributed by atoms with van der Waals surface area (Å²) in [5, 5.41) is 30.3. The molecule has 1 aromatic carbocycles. The van der Waals surface area contributed by atoms with Crippen molar-refractivity contribution in [2.75, 3.05) is 6.61 Å². The van der Waals surface area contributed by atoms with E-state index in [9.17, 15) is 20.1 Å². The fourth-order valence-corrected chi connectivity index (χ4v) is 8.50. The van der Waals surface area contributed by atoms with Gasteiger partial charge in [-0.15, -0.1) is 0 Å². The molecule has 0 bridgehead atoms. The van der Waals surface area contributed by atoms with Gasteiger partial charge in [0.15, 0.2) is 0 Å². The SMILES string of the molecule is C[C@@H]1CC[C@@]2(C)[C@H](CC[C@]3(C)[C@H]2CC[C@@]3(C)CO)[C@]1(C)Cc1cc(C(=O)O)ccc1O. The minimum atomic E-state index is -0.949. The fourth-order valence-electron chi connectivity index (χ4n) is 8.50. The van der Waals surface area contributed by atoms with Crippen molar-refractivity contribution in [3.63, 3.8) is 0 Å². The van der Waals surface area contributed by atoms with E-state index < -0.39 is 5.97 Å². The average molecular weight is 429 g/mol. The lowest BCUT2D eigenvalue weighted by Gasteiger charge is -2.65. The summed E-state index contributed by atoms with van der Waals surface area (Å²) in [5.74, 6) is 0.890. The van der Waals surface area contributed by atoms with Crippen molar-refractivity contribution in [1.82, 2.24) is 0 Å². The average Bonchev–Trinajstić information content (AvgIpc) is 2.99. The molecule has 0 radical (unpaired) electrons. The topological polar surface area (TPSA) is 77.8 Å². The molecule has 1 aromatic rings. The van der Waals surface area contributed by atoms with E-state index in [0.717, 1.165) is 31.2 Å². The van der Waals surface area contributed by atoms with E-state index in [-0.39, 0.29) is 39.6 Å². The number of phenols is 1. The summed E-state index contributed by atoms with van der Waals surface area (Å²) in [6.07, 6.45) is 7.65. The number of aliphatic hydroxyl groups excluding tert-OH is 1. The Morgan fingerprint density at radius 1 is 1.03 bits per heavy atom. The van der Waals surface area contributed by atoms with Gasteiger partial charge < -0.3 is 15.3 Å². The van der Waals surface area contributed by atoms with Crippen molar-refractivity contribution >= 4 is 5.97 Å². The molecule has 0 amide bonds. The number of carboxylic acids is 1. The van der Waals surface area contributed by atoms with Gasteiger partial charge in [-0.3, -0.25) is 0 Å². The molecular weight excluding hydrogens is 388 g/mol. The molecule has 4 heteroatoms. The van der Waals surface area contributed by atoms with Crippen LogP contribution in [-0.2, 0) is 6.42 Å². The quantitative estimate of drug-likeness (QED) is 0.558. The van der Waals surface area contributed by atoms with Gasteiger partial charge in [0.05, 0.1) is 5.56 Å². The first-order valence-electron chi connectivity index (χ1n) is 12.1. The van der Waals surface area contributed by atoms with E-state index in [1.807, 2.05) is 0 Å². The monoisotopic (exact) mass is 428 g/mol. The van der Waals surface area contributed by atoms with Crippen molar-refractivity contribution in [2.24, 2.45) is 39.4 Å². The third-order valence-electron chi connectivity index (χ3n) is 11.0. The van der Waals surface area contributed by atoms with E-state index in [2.05, 4.69) is 34.6 Å². The highest BCUT2D eigenvalue weighted by molar-refractivity contribution is 5.88. The summed E-state index contributed by atoms with van der Waals surface area (Å²) >= 11 is 0. The lowest BCUT2D eigenvalue weighted by atomic mass is 9.39. The van der Waals surface area contributed by atoms with Crippen molar-refractivity contribution in [1.29, 1.82) is 0 Å². The first kappa shape index (κ1) is 22.6. The second-order valence-corrected chi connectivity index (χ2v) is 12.1. The molecule has 4 rings (SSSR count). The molecule has 0 aliphatic heterocycles. The van der Waals surface area contributed by atoms with E-state index in [4.69, 9.17) is 0 Å². The number of carboxylic acid groups (broad SMARTS) is 1. The summed E-state index contributed by atoms with van der Waals surface area (Å²) in [6.45, 7) is 12.2. The third kappa shape index (κ3) is 3.08. The highest BCUT2D eigenvalue weighted by Gasteiger charge is 2.66. The van der Waals surface area contributed by atoms with Gasteiger partial charge >= 0.3 is 5.97 Å². The zero-order chi connectivity index (χ0) is 22.8. The standard InChI is InChI=1S/C27H40O4/c1-17-8-12-25(3)21(10-13-27(5)22(25)9-11-24(27,2)16-28)26(17,4)15-19-14-18(23(30)31)6-7-20(19)29/h6-7,14,17,21-22,28-29H,8-13,15-16H2,1-5H3,(H,30,31)/t17-,21+,22+,24+,25+,26-,27-/m1/s1. The van der Waals surface area contributed by atoms with Gasteiger partial charge in [0.2, 0.25) is 0 Å². The van der Waals surface area contributed by atoms with Gasteiger partial charge in [0.1, 0.15) is 5.75 Å². The van der Waals surface area contributed by atoms with Crippen molar-refractivity contribution < 1.29 is 20.1 Å². The van der Waals surface area contributed by atoms with Gasteiger partial charge in [-0.05, 0) is 108 Å². The van der Waals surface area contributed by atoms with Crippen LogP contribution in [0.25, 0.3) is 0 Å². The van der Waals surface area contributed by atoms with E-state index in [1.54, 1.807) is 6.07 Å². The Hall–Kier alpha value is -1.55. The molecule has 3 N–H and O–H groups in total. The van der Waals surface area contributed by atoms with Gasteiger partial charge in [0, 0.05) is 6.61 Å². The summed E-state index contributed by atoms with van der Waals surface area (Å²) in [4.78, 5) is 11.5. The number of phenolic OH excluding ortho intramolecular Hbond substituents is 1. The Bertz CT molecular complexity index is 880. The van der Waals surface area contributed by atoms with Crippen LogP contribution in [0.4, 0.5) is 0 Å². The van der Waals surface area contributed by atoms with Crippen LogP contribution >= 0.6 is 0 Å². The number of aromatic hydroxyl groups is 1. The Labute approximate surface area is 187 Å². The van der Waals surface area contributed by atoms with Crippen LogP contribution in [0.3, 0.4) is 0 Å². The zero-order valence-corrected chi connectivity index (χ0v) is 19.9. The smallest absolute Gasteiger partial charge is 0.335 e. The molecule has 0 spiro atoms. The third-order valence-corrected chi connectivity index (χ3v) is 11.0. The Morgan fingerprint density at radius 3 is 2.35 bits per heavy atom. The molecule has 31 heavy (non-hydrogen) atoms. The summed E-state index contributed by atoms with van der Waals surface area (Å²) < 4.78 is 0. The molecule has 3 aliphatic carbocycles. The highest BCUT2D eigenvalue weighted by atomic mass is 16.4. The largest absolute Gasteiger partial charge is 0.508 e. The van der Waals surface area contributed by atoms with Crippen LogP contribution in [0, 0.1) is 39.4 Å². The first-order valence-corrected chi connectivity index (χ1v) is 12.1. The van der Waals surface area contributed by atoms with Gasteiger partial charge in [0.25, 0.3) is 0 Å². The molecule has 7 atom stereocenters. The molecule has 0 unspecified atom stereocenters. The summed E-state index contributed by atoms with van der Waals surface area (Å²) in [7, 11) is 0. The maximum Gasteiger partial charge on any atom is 0.335 e. The second kappa shape index (κ2) is 7.23. The number of carbonyl (C=O) groups is 1. The molecule has 0 aromatic heterocycles. The lowest BCUT2D eigenvalue weighted by Crippen LogP contribution is -2.59. The Kier molecular flexibility index (Phi) is 5.28. The highest BCUT2D eigenvalue weighted by Crippen LogP contribution is 2.73. The van der Waals surface area contributed by atoms with Crippen LogP contribution in [0.1, 0.15) is 89.1 Å². The number of hydrogen-bond acceptors (Lipinski definition) is 3. The summed E-state index contributed by atoms with van der Waals surface area (Å²) in [5.41, 5.74) is 1.38. The van der Waals surface area contributed by atoms with Crippen molar-refractivity contribution in [3.05, 3.63) is 29.3 Å².